The van der Waals surface area contributed by atoms with Gasteiger partial charge in [0, 0.05) is 24.9 Å². The number of alkyl halides is 3. The Kier molecular flexibility index (Phi) is 7.27. The van der Waals surface area contributed by atoms with Crippen LogP contribution in [-0.2, 0) is 19.1 Å². The lowest BCUT2D eigenvalue weighted by Gasteiger charge is -2.13. The fourth-order valence-corrected chi connectivity index (χ4v) is 3.49. The largest absolute Gasteiger partial charge is 0.416 e. The van der Waals surface area contributed by atoms with Crippen molar-refractivity contribution >= 4 is 5.91 Å². The van der Waals surface area contributed by atoms with Gasteiger partial charge in [-0.05, 0) is 42.0 Å². The minimum absolute atomic E-state index is 0.0920. The molecule has 190 valence electrons. The number of halogens is 4. The SMILES string of the molecule is O=C(NCCc1ccccn1)c1nn(-c2ccccc2F)c(=O)n(Cc2ccc(C(F)(F)F)cc2)c1=O. The van der Waals surface area contributed by atoms with Gasteiger partial charge in [0.25, 0.3) is 11.5 Å². The molecule has 2 aromatic carbocycles. The van der Waals surface area contributed by atoms with Gasteiger partial charge in [-0.25, -0.2) is 9.18 Å². The molecule has 0 saturated heterocycles. The number of rotatable bonds is 7. The molecule has 4 rings (SSSR count). The fraction of sp³-hybridized carbons (Fsp3) is 0.160. The van der Waals surface area contributed by atoms with Crippen LogP contribution in [0.25, 0.3) is 5.69 Å². The lowest BCUT2D eigenvalue weighted by atomic mass is 10.1. The van der Waals surface area contributed by atoms with Crippen LogP contribution in [0.5, 0.6) is 0 Å². The van der Waals surface area contributed by atoms with E-state index in [1.165, 1.54) is 18.2 Å². The maximum Gasteiger partial charge on any atom is 0.416 e. The lowest BCUT2D eigenvalue weighted by Crippen LogP contribution is -2.46. The molecule has 2 aromatic heterocycles. The third kappa shape index (κ3) is 5.80. The van der Waals surface area contributed by atoms with Crippen LogP contribution in [0.4, 0.5) is 17.6 Å². The predicted octanol–water partition coefficient (Wildman–Crippen LogP) is 2.97. The molecule has 1 N–H and O–H groups in total. The van der Waals surface area contributed by atoms with Gasteiger partial charge in [-0.3, -0.25) is 19.1 Å². The standard InChI is InChI=1S/C25H19F4N5O3/c26-19-6-1-2-7-20(19)34-24(37)33(15-16-8-10-17(11-9-16)25(27,28)29)23(36)21(32-34)22(35)31-14-12-18-5-3-4-13-30-18/h1-11,13H,12,14-15H2,(H,31,35). The molecular formula is C25H19F4N5O3. The average molecular weight is 513 g/mol. The summed E-state index contributed by atoms with van der Waals surface area (Å²) in [4.78, 5) is 43.2. The van der Waals surface area contributed by atoms with E-state index in [0.29, 0.717) is 21.4 Å². The van der Waals surface area contributed by atoms with Crippen LogP contribution in [-0.4, -0.2) is 31.8 Å². The van der Waals surface area contributed by atoms with Gasteiger partial charge in [0.1, 0.15) is 11.5 Å². The monoisotopic (exact) mass is 513 g/mol. The highest BCUT2D eigenvalue weighted by Crippen LogP contribution is 2.29. The van der Waals surface area contributed by atoms with E-state index in [1.54, 1.807) is 24.4 Å². The molecule has 0 spiro atoms. The molecule has 1 amide bonds. The second kappa shape index (κ2) is 10.6. The summed E-state index contributed by atoms with van der Waals surface area (Å²) < 4.78 is 54.4. The number of carbonyl (C=O) groups is 1. The first kappa shape index (κ1) is 25.5. The molecule has 0 saturated carbocycles. The Balaban J connectivity index is 1.72. The molecule has 12 heteroatoms. The summed E-state index contributed by atoms with van der Waals surface area (Å²) in [5.41, 5.74) is -3.18. The number of hydrogen-bond donors (Lipinski definition) is 1. The van der Waals surface area contributed by atoms with Crippen LogP contribution in [0.1, 0.15) is 27.3 Å². The van der Waals surface area contributed by atoms with Crippen LogP contribution in [0, 0.1) is 5.82 Å². The van der Waals surface area contributed by atoms with E-state index in [9.17, 15) is 31.9 Å². The van der Waals surface area contributed by atoms with E-state index in [4.69, 9.17) is 0 Å². The van der Waals surface area contributed by atoms with Gasteiger partial charge in [0.2, 0.25) is 5.69 Å². The van der Waals surface area contributed by atoms with E-state index in [2.05, 4.69) is 15.4 Å². The molecule has 4 aromatic rings. The van der Waals surface area contributed by atoms with Crippen molar-refractivity contribution < 1.29 is 22.4 Å². The van der Waals surface area contributed by atoms with Gasteiger partial charge in [-0.15, -0.1) is 0 Å². The summed E-state index contributed by atoms with van der Waals surface area (Å²) in [5.74, 6) is -1.74. The van der Waals surface area contributed by atoms with Crippen molar-refractivity contribution in [2.24, 2.45) is 0 Å². The van der Waals surface area contributed by atoms with E-state index < -0.39 is 47.0 Å². The zero-order valence-electron chi connectivity index (χ0n) is 19.1. The Labute approximate surface area is 206 Å². The van der Waals surface area contributed by atoms with E-state index in [1.807, 2.05) is 0 Å². The lowest BCUT2D eigenvalue weighted by molar-refractivity contribution is -0.137. The number of benzene rings is 2. The molecule has 0 atom stereocenters. The van der Waals surface area contributed by atoms with Gasteiger partial charge in [0.15, 0.2) is 0 Å². The van der Waals surface area contributed by atoms with Crippen molar-refractivity contribution in [2.75, 3.05) is 6.54 Å². The normalized spacial score (nSPS) is 11.4. The minimum atomic E-state index is -4.57. The molecule has 37 heavy (non-hydrogen) atoms. The Morgan fingerprint density at radius 3 is 2.30 bits per heavy atom. The Hall–Kier alpha value is -4.61. The molecule has 0 aliphatic heterocycles. The molecule has 0 aliphatic rings. The number of carbonyl (C=O) groups excluding carboxylic acids is 1. The van der Waals surface area contributed by atoms with E-state index in [0.717, 1.165) is 30.3 Å². The number of nitrogens with one attached hydrogen (secondary N) is 1. The highest BCUT2D eigenvalue weighted by Gasteiger charge is 2.30. The molecule has 0 aliphatic carbocycles. The number of aromatic nitrogens is 4. The van der Waals surface area contributed by atoms with Crippen molar-refractivity contribution in [1.82, 2.24) is 24.6 Å². The summed E-state index contributed by atoms with van der Waals surface area (Å²) >= 11 is 0. The van der Waals surface area contributed by atoms with Crippen LogP contribution in [0.2, 0.25) is 0 Å². The molecule has 0 radical (unpaired) electrons. The van der Waals surface area contributed by atoms with Crippen molar-refractivity contribution in [3.8, 4) is 5.69 Å². The number of nitrogens with zero attached hydrogens (tertiary/aromatic N) is 4. The first-order valence-corrected chi connectivity index (χ1v) is 11.0. The highest BCUT2D eigenvalue weighted by molar-refractivity contribution is 5.91. The summed E-state index contributed by atoms with van der Waals surface area (Å²) in [6.07, 6.45) is -2.63. The Morgan fingerprint density at radius 1 is 0.946 bits per heavy atom. The second-order valence-electron chi connectivity index (χ2n) is 7.91. The quantitative estimate of drug-likeness (QED) is 0.383. The number of amides is 1. The number of para-hydroxylation sites is 1. The zero-order valence-corrected chi connectivity index (χ0v) is 19.1. The van der Waals surface area contributed by atoms with Crippen molar-refractivity contribution in [3.63, 3.8) is 0 Å². The maximum absolute atomic E-state index is 14.5. The summed E-state index contributed by atoms with van der Waals surface area (Å²) in [6.45, 7) is -0.379. The molecule has 0 bridgehead atoms. The molecule has 0 unspecified atom stereocenters. The molecule has 2 heterocycles. The third-order valence-corrected chi connectivity index (χ3v) is 5.37. The zero-order chi connectivity index (χ0) is 26.6. The topological polar surface area (TPSA) is 98.9 Å². The van der Waals surface area contributed by atoms with E-state index in [-0.39, 0.29) is 17.8 Å². The van der Waals surface area contributed by atoms with Crippen molar-refractivity contribution in [1.29, 1.82) is 0 Å². The van der Waals surface area contributed by atoms with Gasteiger partial charge in [0.05, 0.1) is 12.1 Å². The first-order valence-electron chi connectivity index (χ1n) is 11.0. The van der Waals surface area contributed by atoms with Gasteiger partial charge in [-0.1, -0.05) is 30.3 Å². The van der Waals surface area contributed by atoms with Crippen LogP contribution >= 0.6 is 0 Å². The van der Waals surface area contributed by atoms with Crippen LogP contribution < -0.4 is 16.6 Å². The summed E-state index contributed by atoms with van der Waals surface area (Å²) in [5, 5.41) is 6.36. The average Bonchev–Trinajstić information content (AvgIpc) is 2.87. The van der Waals surface area contributed by atoms with Crippen molar-refractivity contribution in [3.05, 3.63) is 122 Å². The molecule has 0 fully saturated rings. The van der Waals surface area contributed by atoms with Crippen LogP contribution in [0.3, 0.4) is 0 Å². The van der Waals surface area contributed by atoms with Crippen LogP contribution in [0.15, 0.2) is 82.5 Å². The smallest absolute Gasteiger partial charge is 0.350 e. The predicted molar refractivity (Wildman–Crippen MR) is 125 cm³/mol. The number of hydrogen-bond acceptors (Lipinski definition) is 5. The van der Waals surface area contributed by atoms with E-state index >= 15 is 0 Å². The van der Waals surface area contributed by atoms with Crippen molar-refractivity contribution in [2.45, 2.75) is 19.1 Å². The Morgan fingerprint density at radius 2 is 1.65 bits per heavy atom. The highest BCUT2D eigenvalue weighted by atomic mass is 19.4. The first-order chi connectivity index (χ1) is 17.6. The van der Waals surface area contributed by atoms with Gasteiger partial charge < -0.3 is 5.32 Å². The fourth-order valence-electron chi connectivity index (χ4n) is 3.49. The minimum Gasteiger partial charge on any atom is -0.350 e. The summed E-state index contributed by atoms with van der Waals surface area (Å²) in [6, 6.07) is 14.2. The second-order valence-corrected chi connectivity index (χ2v) is 7.91. The van der Waals surface area contributed by atoms with Gasteiger partial charge in [-0.2, -0.15) is 23.0 Å². The Bertz CT molecular complexity index is 1530. The third-order valence-electron chi connectivity index (χ3n) is 5.37. The molecule has 8 nitrogen and oxygen atoms in total. The number of pyridine rings is 1. The summed E-state index contributed by atoms with van der Waals surface area (Å²) in [7, 11) is 0. The molecular weight excluding hydrogens is 494 g/mol. The van der Waals surface area contributed by atoms with Gasteiger partial charge >= 0.3 is 11.9 Å². The maximum atomic E-state index is 14.5.